The first kappa shape index (κ1) is 22.8. The molecule has 0 aromatic heterocycles. The average Bonchev–Trinajstić information content (AvgIpc) is 3.10. The van der Waals surface area contributed by atoms with Crippen LogP contribution in [0.4, 0.5) is 10.1 Å². The fraction of sp³-hybridized carbons (Fsp3) is 0.185. The number of amides is 1. The largest absolute Gasteiger partial charge is 0.489 e. The molecule has 0 N–H and O–H groups in total. The van der Waals surface area contributed by atoms with Crippen LogP contribution in [0.25, 0.3) is 6.08 Å². The third kappa shape index (κ3) is 5.71. The number of aliphatic imine (C=N–C) groups is 1. The zero-order chi connectivity index (χ0) is 23.4. The number of hydrogen-bond acceptors (Lipinski definition) is 4. The molecule has 1 amide bonds. The SMILES string of the molecule is Cc1ccc(N=C2S/C(=C/c3ccc(OCc4ccc(F)cc4)cc3)C(=O)N2C(C)C)cc1. The summed E-state index contributed by atoms with van der Waals surface area (Å²) < 4.78 is 18.8. The highest BCUT2D eigenvalue weighted by Crippen LogP contribution is 2.35. The Morgan fingerprint density at radius 2 is 1.67 bits per heavy atom. The first-order valence-corrected chi connectivity index (χ1v) is 11.6. The van der Waals surface area contributed by atoms with Gasteiger partial charge in [-0.1, -0.05) is 42.0 Å². The van der Waals surface area contributed by atoms with Crippen LogP contribution in [0.3, 0.4) is 0 Å². The summed E-state index contributed by atoms with van der Waals surface area (Å²) in [6.45, 7) is 6.36. The molecule has 3 aromatic carbocycles. The van der Waals surface area contributed by atoms with Crippen LogP contribution in [-0.2, 0) is 11.4 Å². The minimum Gasteiger partial charge on any atom is -0.489 e. The highest BCUT2D eigenvalue weighted by atomic mass is 32.2. The van der Waals surface area contributed by atoms with E-state index in [1.807, 2.05) is 75.4 Å². The fourth-order valence-corrected chi connectivity index (χ4v) is 4.43. The summed E-state index contributed by atoms with van der Waals surface area (Å²) in [5, 5.41) is 0.685. The molecular weight excluding hydrogens is 435 g/mol. The maximum Gasteiger partial charge on any atom is 0.266 e. The maximum absolute atomic E-state index is 13.1. The smallest absolute Gasteiger partial charge is 0.266 e. The average molecular weight is 461 g/mol. The Morgan fingerprint density at radius 1 is 1.00 bits per heavy atom. The normalized spacial score (nSPS) is 16.3. The Kier molecular flexibility index (Phi) is 6.94. The van der Waals surface area contributed by atoms with E-state index in [1.54, 1.807) is 17.0 Å². The summed E-state index contributed by atoms with van der Waals surface area (Å²) in [6.07, 6.45) is 1.88. The van der Waals surface area contributed by atoms with E-state index in [2.05, 4.69) is 0 Å². The number of thioether (sulfide) groups is 1. The first-order valence-electron chi connectivity index (χ1n) is 10.7. The molecule has 0 bridgehead atoms. The van der Waals surface area contributed by atoms with E-state index >= 15 is 0 Å². The summed E-state index contributed by atoms with van der Waals surface area (Å²) in [4.78, 5) is 20.1. The molecule has 0 unspecified atom stereocenters. The summed E-state index contributed by atoms with van der Waals surface area (Å²) >= 11 is 1.39. The second-order valence-corrected chi connectivity index (χ2v) is 9.10. The number of aryl methyl sites for hydroxylation is 1. The molecular formula is C27H25FN2O2S. The molecule has 168 valence electrons. The summed E-state index contributed by atoms with van der Waals surface area (Å²) in [6, 6.07) is 21.7. The van der Waals surface area contributed by atoms with E-state index in [1.165, 1.54) is 29.5 Å². The molecule has 4 nitrogen and oxygen atoms in total. The first-order chi connectivity index (χ1) is 15.9. The number of amidine groups is 1. The van der Waals surface area contributed by atoms with Crippen molar-refractivity contribution >= 4 is 34.6 Å². The van der Waals surface area contributed by atoms with Crippen LogP contribution in [-0.4, -0.2) is 22.0 Å². The molecule has 6 heteroatoms. The lowest BCUT2D eigenvalue weighted by Crippen LogP contribution is -2.35. The van der Waals surface area contributed by atoms with Crippen molar-refractivity contribution in [2.45, 2.75) is 33.4 Å². The Labute approximate surface area is 197 Å². The minimum absolute atomic E-state index is 0.00216. The Bertz CT molecular complexity index is 1180. The van der Waals surface area contributed by atoms with Crippen LogP contribution >= 0.6 is 11.8 Å². The summed E-state index contributed by atoms with van der Waals surface area (Å²) in [5.74, 6) is 0.397. The van der Waals surface area contributed by atoms with Crippen LogP contribution in [0.2, 0.25) is 0 Å². The summed E-state index contributed by atoms with van der Waals surface area (Å²) in [5.41, 5.74) is 3.79. The van der Waals surface area contributed by atoms with Crippen molar-refractivity contribution < 1.29 is 13.9 Å². The molecule has 3 aromatic rings. The predicted molar refractivity (Wildman–Crippen MR) is 133 cm³/mol. The van der Waals surface area contributed by atoms with Crippen LogP contribution in [0.1, 0.15) is 30.5 Å². The van der Waals surface area contributed by atoms with E-state index in [4.69, 9.17) is 9.73 Å². The lowest BCUT2D eigenvalue weighted by Gasteiger charge is -2.19. The molecule has 4 rings (SSSR count). The van der Waals surface area contributed by atoms with Gasteiger partial charge in [-0.15, -0.1) is 0 Å². The van der Waals surface area contributed by atoms with Gasteiger partial charge in [-0.2, -0.15) is 0 Å². The fourth-order valence-electron chi connectivity index (χ4n) is 3.31. The van der Waals surface area contributed by atoms with Crippen LogP contribution in [0, 0.1) is 12.7 Å². The van der Waals surface area contributed by atoms with E-state index in [0.717, 1.165) is 16.8 Å². The minimum atomic E-state index is -0.265. The number of rotatable bonds is 6. The maximum atomic E-state index is 13.1. The molecule has 1 saturated heterocycles. The van der Waals surface area contributed by atoms with Gasteiger partial charge in [-0.3, -0.25) is 9.69 Å². The monoisotopic (exact) mass is 460 g/mol. The number of benzene rings is 3. The lowest BCUT2D eigenvalue weighted by atomic mass is 10.2. The standard InChI is InChI=1S/C27H25FN2O2S/c1-18(2)30-26(31)25(33-27(30)29-23-12-4-19(3)5-13-23)16-20-8-14-24(15-9-20)32-17-21-6-10-22(28)11-7-21/h4-16,18H,17H2,1-3H3/b25-16+,29-27?. The van der Waals surface area contributed by atoms with E-state index in [0.29, 0.717) is 22.4 Å². The number of nitrogens with zero attached hydrogens (tertiary/aromatic N) is 2. The molecule has 0 spiro atoms. The second kappa shape index (κ2) is 10.0. The van der Waals surface area contributed by atoms with Gasteiger partial charge in [0, 0.05) is 6.04 Å². The number of ether oxygens (including phenoxy) is 1. The molecule has 0 radical (unpaired) electrons. The molecule has 33 heavy (non-hydrogen) atoms. The van der Waals surface area contributed by atoms with Crippen LogP contribution in [0.15, 0.2) is 82.7 Å². The van der Waals surface area contributed by atoms with Gasteiger partial charge in [0.25, 0.3) is 5.91 Å². The van der Waals surface area contributed by atoms with Crippen molar-refractivity contribution in [2.75, 3.05) is 0 Å². The third-order valence-corrected chi connectivity index (χ3v) is 6.09. The van der Waals surface area contributed by atoms with Gasteiger partial charge in [0.15, 0.2) is 5.17 Å². The molecule has 1 fully saturated rings. The van der Waals surface area contributed by atoms with E-state index in [9.17, 15) is 9.18 Å². The number of halogens is 1. The van der Waals surface area contributed by atoms with Gasteiger partial charge in [0.05, 0.1) is 10.6 Å². The Hall–Kier alpha value is -3.38. The van der Waals surface area contributed by atoms with Crippen molar-refractivity contribution in [1.29, 1.82) is 0 Å². The van der Waals surface area contributed by atoms with Gasteiger partial charge in [0.2, 0.25) is 0 Å². The van der Waals surface area contributed by atoms with Crippen LogP contribution < -0.4 is 4.74 Å². The Morgan fingerprint density at radius 3 is 2.30 bits per heavy atom. The second-order valence-electron chi connectivity index (χ2n) is 8.09. The van der Waals surface area contributed by atoms with Crippen LogP contribution in [0.5, 0.6) is 5.75 Å². The van der Waals surface area contributed by atoms with E-state index in [-0.39, 0.29) is 17.8 Å². The molecule has 0 atom stereocenters. The molecule has 1 aliphatic heterocycles. The Balaban J connectivity index is 1.48. The number of carbonyl (C=O) groups excluding carboxylic acids is 1. The van der Waals surface area contributed by atoms with Gasteiger partial charge >= 0.3 is 0 Å². The van der Waals surface area contributed by atoms with Crippen molar-refractivity contribution in [3.63, 3.8) is 0 Å². The highest BCUT2D eigenvalue weighted by molar-refractivity contribution is 8.18. The number of carbonyl (C=O) groups is 1. The predicted octanol–water partition coefficient (Wildman–Crippen LogP) is 6.73. The molecule has 1 heterocycles. The number of hydrogen-bond donors (Lipinski definition) is 0. The summed E-state index contributed by atoms with van der Waals surface area (Å²) in [7, 11) is 0. The molecule has 0 aliphatic carbocycles. The van der Waals surface area contributed by atoms with Gasteiger partial charge < -0.3 is 4.74 Å². The topological polar surface area (TPSA) is 41.9 Å². The van der Waals surface area contributed by atoms with Gasteiger partial charge in [-0.25, -0.2) is 9.38 Å². The molecule has 1 aliphatic rings. The van der Waals surface area contributed by atoms with Gasteiger partial charge in [-0.05, 0) is 86.1 Å². The van der Waals surface area contributed by atoms with E-state index < -0.39 is 0 Å². The third-order valence-electron chi connectivity index (χ3n) is 5.11. The van der Waals surface area contributed by atoms with Crippen molar-refractivity contribution in [1.82, 2.24) is 4.90 Å². The van der Waals surface area contributed by atoms with Crippen molar-refractivity contribution in [2.24, 2.45) is 4.99 Å². The zero-order valence-corrected chi connectivity index (χ0v) is 19.6. The van der Waals surface area contributed by atoms with Crippen molar-refractivity contribution in [3.05, 3.63) is 100 Å². The quantitative estimate of drug-likeness (QED) is 0.383. The molecule has 0 saturated carbocycles. The highest BCUT2D eigenvalue weighted by Gasteiger charge is 2.35. The van der Waals surface area contributed by atoms with Crippen molar-refractivity contribution in [3.8, 4) is 5.75 Å². The zero-order valence-electron chi connectivity index (χ0n) is 18.8. The van der Waals surface area contributed by atoms with Gasteiger partial charge in [0.1, 0.15) is 18.2 Å². The lowest BCUT2D eigenvalue weighted by molar-refractivity contribution is -0.123.